The summed E-state index contributed by atoms with van der Waals surface area (Å²) in [4.78, 5) is 28.5. The lowest BCUT2D eigenvalue weighted by Crippen LogP contribution is -2.62. The number of anilines is 2. The van der Waals surface area contributed by atoms with E-state index in [-0.39, 0.29) is 11.8 Å². The Morgan fingerprint density at radius 3 is 2.54 bits per heavy atom. The standard InChI is InChI=1S/C22H21N3O3/c1-12-11-21(2,3)25-18-15(12)9-13(28-4)10-16(18)22(20(25)27)23-17-8-6-5-7-14(17)19(26)24-22/h5-11,23H,1-4H3,(H,24,26)/t22-/m0/s1. The van der Waals surface area contributed by atoms with Gasteiger partial charge in [0, 0.05) is 16.8 Å². The summed E-state index contributed by atoms with van der Waals surface area (Å²) in [6, 6.07) is 11.0. The number of methoxy groups -OCH3 is 1. The molecular weight excluding hydrogens is 354 g/mol. The van der Waals surface area contributed by atoms with E-state index in [0.717, 1.165) is 16.8 Å². The van der Waals surface area contributed by atoms with Crippen LogP contribution in [0, 0.1) is 0 Å². The van der Waals surface area contributed by atoms with Crippen molar-refractivity contribution in [3.63, 3.8) is 0 Å². The molecule has 0 radical (unpaired) electrons. The van der Waals surface area contributed by atoms with Gasteiger partial charge in [-0.1, -0.05) is 18.2 Å². The van der Waals surface area contributed by atoms with E-state index in [9.17, 15) is 9.59 Å². The molecule has 2 aromatic rings. The summed E-state index contributed by atoms with van der Waals surface area (Å²) >= 11 is 0. The van der Waals surface area contributed by atoms with Gasteiger partial charge in [-0.2, -0.15) is 0 Å². The summed E-state index contributed by atoms with van der Waals surface area (Å²) in [5.74, 6) is 0.167. The zero-order valence-corrected chi connectivity index (χ0v) is 16.2. The van der Waals surface area contributed by atoms with Crippen LogP contribution in [0.2, 0.25) is 0 Å². The van der Waals surface area contributed by atoms with Gasteiger partial charge in [0.2, 0.25) is 5.66 Å². The highest BCUT2D eigenvalue weighted by atomic mass is 16.5. The predicted molar refractivity (Wildman–Crippen MR) is 107 cm³/mol. The largest absolute Gasteiger partial charge is 0.497 e. The number of amides is 2. The molecule has 2 aromatic carbocycles. The zero-order chi connectivity index (χ0) is 19.8. The maximum Gasteiger partial charge on any atom is 0.279 e. The van der Waals surface area contributed by atoms with E-state index in [1.165, 1.54) is 0 Å². The number of ether oxygens (including phenoxy) is 1. The molecule has 2 N–H and O–H groups in total. The topological polar surface area (TPSA) is 70.7 Å². The first-order valence-electron chi connectivity index (χ1n) is 9.25. The first kappa shape index (κ1) is 16.9. The van der Waals surface area contributed by atoms with Crippen LogP contribution in [0.1, 0.15) is 42.3 Å². The second-order valence-corrected chi connectivity index (χ2v) is 8.07. The Morgan fingerprint density at radius 2 is 1.79 bits per heavy atom. The van der Waals surface area contributed by atoms with E-state index in [1.54, 1.807) is 24.1 Å². The lowest BCUT2D eigenvalue weighted by Gasteiger charge is -2.40. The number of fused-ring (bicyclic) bond motifs is 2. The van der Waals surface area contributed by atoms with Crippen LogP contribution < -0.4 is 20.3 Å². The second-order valence-electron chi connectivity index (χ2n) is 8.07. The van der Waals surface area contributed by atoms with Crippen LogP contribution in [0.25, 0.3) is 5.57 Å². The van der Waals surface area contributed by atoms with Gasteiger partial charge in [-0.3, -0.25) is 14.5 Å². The van der Waals surface area contributed by atoms with Crippen molar-refractivity contribution in [1.82, 2.24) is 5.32 Å². The van der Waals surface area contributed by atoms with Crippen LogP contribution in [0.15, 0.2) is 42.5 Å². The van der Waals surface area contributed by atoms with Crippen LogP contribution >= 0.6 is 0 Å². The summed E-state index contributed by atoms with van der Waals surface area (Å²) in [5, 5.41) is 6.29. The first-order valence-corrected chi connectivity index (χ1v) is 9.25. The summed E-state index contributed by atoms with van der Waals surface area (Å²) < 4.78 is 5.51. The Balaban J connectivity index is 1.82. The lowest BCUT2D eigenvalue weighted by atomic mass is 9.88. The van der Waals surface area contributed by atoms with Crippen LogP contribution in [0.3, 0.4) is 0 Å². The number of carbonyl (C=O) groups excluding carboxylic acids is 2. The molecule has 3 heterocycles. The molecule has 28 heavy (non-hydrogen) atoms. The Labute approximate surface area is 163 Å². The molecule has 0 bridgehead atoms. The minimum absolute atomic E-state index is 0.200. The van der Waals surface area contributed by atoms with Gasteiger partial charge < -0.3 is 15.4 Å². The SMILES string of the molecule is COc1cc2c3c(c1)[C@]1(NC(=O)c4ccccc4N1)C(=O)N3C(C)(C)C=C2C. The molecule has 6 nitrogen and oxygen atoms in total. The summed E-state index contributed by atoms with van der Waals surface area (Å²) in [6.07, 6.45) is 2.08. The minimum atomic E-state index is -1.36. The van der Waals surface area contributed by atoms with Crippen molar-refractivity contribution < 1.29 is 14.3 Å². The number of rotatable bonds is 1. The highest BCUT2D eigenvalue weighted by Crippen LogP contribution is 2.53. The quantitative estimate of drug-likeness (QED) is 0.803. The third kappa shape index (κ3) is 1.92. The normalized spacial score (nSPS) is 23.6. The van der Waals surface area contributed by atoms with E-state index in [0.29, 0.717) is 22.6 Å². The van der Waals surface area contributed by atoms with Crippen molar-refractivity contribution in [3.05, 3.63) is 59.2 Å². The summed E-state index contributed by atoms with van der Waals surface area (Å²) in [7, 11) is 1.60. The lowest BCUT2D eigenvalue weighted by molar-refractivity contribution is -0.123. The molecule has 0 aromatic heterocycles. The number of nitrogens with one attached hydrogen (secondary N) is 2. The van der Waals surface area contributed by atoms with E-state index < -0.39 is 11.2 Å². The Bertz CT molecular complexity index is 1100. The number of allylic oxidation sites excluding steroid dienone is 1. The average Bonchev–Trinajstić information content (AvgIpc) is 2.89. The van der Waals surface area contributed by atoms with Gasteiger partial charge in [-0.25, -0.2) is 0 Å². The highest BCUT2D eigenvalue weighted by Gasteiger charge is 2.59. The number of para-hydroxylation sites is 1. The fraction of sp³-hybridized carbons (Fsp3) is 0.273. The number of hydrogen-bond acceptors (Lipinski definition) is 4. The molecule has 3 aliphatic rings. The number of hydrogen-bond donors (Lipinski definition) is 2. The molecule has 5 rings (SSSR count). The molecule has 142 valence electrons. The van der Waals surface area contributed by atoms with Gasteiger partial charge in [0.15, 0.2) is 0 Å². The highest BCUT2D eigenvalue weighted by molar-refractivity contribution is 6.18. The average molecular weight is 375 g/mol. The van der Waals surface area contributed by atoms with Gasteiger partial charge >= 0.3 is 0 Å². The monoisotopic (exact) mass is 375 g/mol. The Morgan fingerprint density at radius 1 is 1.04 bits per heavy atom. The Kier molecular flexibility index (Phi) is 3.11. The van der Waals surface area contributed by atoms with Crippen molar-refractivity contribution in [2.75, 3.05) is 17.3 Å². The first-order chi connectivity index (χ1) is 13.3. The van der Waals surface area contributed by atoms with Crippen molar-refractivity contribution in [1.29, 1.82) is 0 Å². The molecule has 3 aliphatic heterocycles. The molecule has 1 spiro atoms. The number of benzene rings is 2. The molecule has 2 amide bonds. The molecule has 0 saturated heterocycles. The third-order valence-corrected chi connectivity index (χ3v) is 5.84. The van der Waals surface area contributed by atoms with Gasteiger partial charge in [0.25, 0.3) is 11.8 Å². The fourth-order valence-corrected chi connectivity index (χ4v) is 4.66. The molecular formula is C22H21N3O3. The number of nitrogens with zero attached hydrogens (tertiary/aromatic N) is 1. The third-order valence-electron chi connectivity index (χ3n) is 5.84. The molecule has 0 unspecified atom stereocenters. The predicted octanol–water partition coefficient (Wildman–Crippen LogP) is 3.25. The van der Waals surface area contributed by atoms with E-state index in [1.807, 2.05) is 45.0 Å². The fourth-order valence-electron chi connectivity index (χ4n) is 4.66. The maximum atomic E-state index is 13.8. The van der Waals surface area contributed by atoms with Gasteiger partial charge in [0.05, 0.1) is 23.9 Å². The molecule has 0 aliphatic carbocycles. The Hall–Kier alpha value is -3.28. The molecule has 1 atom stereocenters. The second kappa shape index (κ2) is 5.16. The van der Waals surface area contributed by atoms with E-state index in [2.05, 4.69) is 16.7 Å². The zero-order valence-electron chi connectivity index (χ0n) is 16.2. The van der Waals surface area contributed by atoms with Crippen LogP contribution in [0.4, 0.5) is 11.4 Å². The number of carbonyl (C=O) groups is 2. The van der Waals surface area contributed by atoms with Crippen LogP contribution in [0.5, 0.6) is 5.75 Å². The van der Waals surface area contributed by atoms with Gasteiger partial charge in [0.1, 0.15) is 5.75 Å². The molecule has 0 fully saturated rings. The van der Waals surface area contributed by atoms with E-state index >= 15 is 0 Å². The van der Waals surface area contributed by atoms with E-state index in [4.69, 9.17) is 4.74 Å². The summed E-state index contributed by atoms with van der Waals surface area (Å²) in [5.41, 5.74) is 2.81. The van der Waals surface area contributed by atoms with Crippen molar-refractivity contribution >= 4 is 28.8 Å². The van der Waals surface area contributed by atoms with Crippen molar-refractivity contribution in [2.45, 2.75) is 32.0 Å². The maximum absolute atomic E-state index is 13.8. The minimum Gasteiger partial charge on any atom is -0.497 e. The van der Waals surface area contributed by atoms with Crippen molar-refractivity contribution in [2.24, 2.45) is 0 Å². The van der Waals surface area contributed by atoms with Crippen molar-refractivity contribution in [3.8, 4) is 5.75 Å². The smallest absolute Gasteiger partial charge is 0.279 e. The molecule has 6 heteroatoms. The van der Waals surface area contributed by atoms with Gasteiger partial charge in [-0.05, 0) is 50.6 Å². The summed E-state index contributed by atoms with van der Waals surface area (Å²) in [6.45, 7) is 6.04. The van der Waals surface area contributed by atoms with Crippen LogP contribution in [-0.2, 0) is 10.5 Å². The van der Waals surface area contributed by atoms with Crippen LogP contribution in [-0.4, -0.2) is 24.5 Å². The van der Waals surface area contributed by atoms with Gasteiger partial charge in [-0.15, -0.1) is 0 Å². The molecule has 0 saturated carbocycles.